The molecule has 1 aliphatic carbocycles. The highest BCUT2D eigenvalue weighted by molar-refractivity contribution is 9.10. The number of carbonyl (C=O) groups excluding carboxylic acids is 1. The number of rotatable bonds is 5. The summed E-state index contributed by atoms with van der Waals surface area (Å²) in [5, 5.41) is 13.3. The second-order valence-corrected chi connectivity index (χ2v) is 10.3. The number of ether oxygens (including phenoxy) is 2. The number of benzene rings is 2. The summed E-state index contributed by atoms with van der Waals surface area (Å²) in [6, 6.07) is 14.3. The van der Waals surface area contributed by atoms with Crippen molar-refractivity contribution in [2.45, 2.75) is 49.4 Å². The average molecular weight is 602 g/mol. The average Bonchev–Trinajstić information content (AvgIpc) is 3.20. The van der Waals surface area contributed by atoms with Crippen LogP contribution in [0.1, 0.15) is 31.2 Å². The van der Waals surface area contributed by atoms with Crippen LogP contribution in [0.3, 0.4) is 0 Å². The zero-order chi connectivity index (χ0) is 28.1. The van der Waals surface area contributed by atoms with Gasteiger partial charge in [-0.3, -0.25) is 0 Å². The lowest BCUT2D eigenvalue weighted by Crippen LogP contribution is -2.52. The van der Waals surface area contributed by atoms with E-state index in [1.807, 2.05) is 30.3 Å². The third kappa shape index (κ3) is 6.90. The number of carbonyl (C=O) groups is 2. The third-order valence-electron chi connectivity index (χ3n) is 7.15. The number of amides is 2. The predicted molar refractivity (Wildman–Crippen MR) is 140 cm³/mol. The van der Waals surface area contributed by atoms with Crippen LogP contribution in [0.15, 0.2) is 46.9 Å². The van der Waals surface area contributed by atoms with E-state index in [2.05, 4.69) is 50.6 Å². The lowest BCUT2D eigenvalue weighted by Gasteiger charge is -2.45. The molecule has 3 N–H and O–H groups in total. The minimum Gasteiger partial charge on any atom is -0.493 e. The van der Waals surface area contributed by atoms with Gasteiger partial charge in [0.15, 0.2) is 11.5 Å². The van der Waals surface area contributed by atoms with Crippen LogP contribution in [0, 0.1) is 0 Å². The quantitative estimate of drug-likeness (QED) is 0.423. The molecule has 3 atom stereocenters. The molecule has 0 bridgehead atoms. The molecule has 0 aromatic heterocycles. The van der Waals surface area contributed by atoms with E-state index in [0.717, 1.165) is 53.9 Å². The highest BCUT2D eigenvalue weighted by Gasteiger charge is 2.50. The van der Waals surface area contributed by atoms with Gasteiger partial charge in [-0.25, -0.2) is 9.59 Å². The Morgan fingerprint density at radius 1 is 1.11 bits per heavy atom. The molecule has 2 aromatic carbocycles. The molecule has 208 valence electrons. The molecule has 1 aliphatic heterocycles. The number of carboxylic acid groups (broad SMARTS) is 1. The molecule has 1 heterocycles. The maximum Gasteiger partial charge on any atom is 0.490 e. The molecule has 2 fully saturated rings. The Hall–Kier alpha value is -2.99. The zero-order valence-corrected chi connectivity index (χ0v) is 22.9. The van der Waals surface area contributed by atoms with Gasteiger partial charge < -0.3 is 30.1 Å². The van der Waals surface area contributed by atoms with Crippen molar-refractivity contribution in [2.75, 3.05) is 33.1 Å². The third-order valence-corrected chi connectivity index (χ3v) is 7.64. The Kier molecular flexibility index (Phi) is 9.53. The molecule has 0 radical (unpaired) electrons. The van der Waals surface area contributed by atoms with Crippen molar-refractivity contribution in [3.63, 3.8) is 0 Å². The molecular weight excluding hydrogens is 571 g/mol. The summed E-state index contributed by atoms with van der Waals surface area (Å²) in [4.78, 5) is 23.9. The van der Waals surface area contributed by atoms with Gasteiger partial charge in [0.1, 0.15) is 0 Å². The Morgan fingerprint density at radius 3 is 2.39 bits per heavy atom. The Labute approximate surface area is 227 Å². The highest BCUT2D eigenvalue weighted by atomic mass is 79.9. The number of aliphatic carboxylic acids is 1. The number of likely N-dealkylation sites (N-methyl/N-ethyl adjacent to an activating group) is 1. The number of fused-ring (bicyclic) bond motifs is 1. The van der Waals surface area contributed by atoms with Crippen molar-refractivity contribution in [1.82, 2.24) is 10.2 Å². The van der Waals surface area contributed by atoms with E-state index >= 15 is 0 Å². The first-order valence-corrected chi connectivity index (χ1v) is 12.7. The molecule has 0 spiro atoms. The van der Waals surface area contributed by atoms with Gasteiger partial charge in [-0.1, -0.05) is 28.1 Å². The second-order valence-electron chi connectivity index (χ2n) is 9.36. The van der Waals surface area contributed by atoms with Crippen LogP contribution < -0.4 is 20.1 Å². The number of urea groups is 1. The number of anilines is 1. The first-order chi connectivity index (χ1) is 17.9. The fourth-order valence-electron chi connectivity index (χ4n) is 5.31. The molecular formula is C26H31BrF3N3O5. The Morgan fingerprint density at radius 2 is 1.79 bits per heavy atom. The highest BCUT2D eigenvalue weighted by Crippen LogP contribution is 2.49. The van der Waals surface area contributed by atoms with E-state index in [9.17, 15) is 18.0 Å². The summed E-state index contributed by atoms with van der Waals surface area (Å²) >= 11 is 3.44. The molecule has 38 heavy (non-hydrogen) atoms. The van der Waals surface area contributed by atoms with Crippen LogP contribution >= 0.6 is 15.9 Å². The van der Waals surface area contributed by atoms with Crippen LogP contribution in [0.2, 0.25) is 0 Å². The maximum absolute atomic E-state index is 12.6. The topological polar surface area (TPSA) is 100 Å². The monoisotopic (exact) mass is 601 g/mol. The normalized spacial score (nSPS) is 22.9. The van der Waals surface area contributed by atoms with Crippen LogP contribution in [0.25, 0.3) is 0 Å². The second kappa shape index (κ2) is 12.2. The van der Waals surface area contributed by atoms with Crippen molar-refractivity contribution < 1.29 is 37.3 Å². The number of carboxylic acids is 1. The first-order valence-electron chi connectivity index (χ1n) is 12.0. The van der Waals surface area contributed by atoms with Crippen LogP contribution in [-0.2, 0) is 10.2 Å². The molecule has 2 aliphatic rings. The van der Waals surface area contributed by atoms with Gasteiger partial charge in [0.05, 0.1) is 14.2 Å². The minimum atomic E-state index is -5.08. The van der Waals surface area contributed by atoms with Gasteiger partial charge in [0.25, 0.3) is 0 Å². The Bertz CT molecular complexity index is 1150. The van der Waals surface area contributed by atoms with Crippen molar-refractivity contribution >= 4 is 33.6 Å². The van der Waals surface area contributed by atoms with E-state index in [4.69, 9.17) is 19.4 Å². The van der Waals surface area contributed by atoms with E-state index in [1.54, 1.807) is 14.2 Å². The van der Waals surface area contributed by atoms with Gasteiger partial charge in [0.2, 0.25) is 0 Å². The zero-order valence-electron chi connectivity index (χ0n) is 21.3. The molecule has 4 rings (SSSR count). The molecule has 12 heteroatoms. The smallest absolute Gasteiger partial charge is 0.490 e. The van der Waals surface area contributed by atoms with Crippen molar-refractivity contribution in [3.05, 3.63) is 52.5 Å². The predicted octanol–water partition coefficient (Wildman–Crippen LogP) is 5.42. The maximum atomic E-state index is 12.6. The summed E-state index contributed by atoms with van der Waals surface area (Å²) < 4.78 is 43.7. The first kappa shape index (κ1) is 29.6. The van der Waals surface area contributed by atoms with Crippen LogP contribution in [0.5, 0.6) is 11.5 Å². The standard InChI is InChI=1S/C24H30BrN3O3.C2HF3O2/c1-28-12-11-24(16-7-8-20(30-2)21(13-16)31-3)10-9-19(15-22(24)28)27-23(29)26-18-6-4-5-17(25)14-18;3-2(4,5)1(6)7/h4-8,13-14,19,22H,9-12,15H2,1-3H3,(H2,26,27,29);(H,6,7). The SMILES string of the molecule is COc1ccc(C23CCC(NC(=O)Nc4cccc(Br)c4)CC2N(C)CC3)cc1OC.O=C(O)C(F)(F)F. The van der Waals surface area contributed by atoms with E-state index in [-0.39, 0.29) is 17.5 Å². The summed E-state index contributed by atoms with van der Waals surface area (Å²) in [6.07, 6.45) is -1.07. The number of halogens is 4. The van der Waals surface area contributed by atoms with Crippen molar-refractivity contribution in [3.8, 4) is 11.5 Å². The fraction of sp³-hybridized carbons (Fsp3) is 0.462. The number of hydrogen-bond donors (Lipinski definition) is 3. The number of alkyl halides is 3. The van der Waals surface area contributed by atoms with E-state index in [0.29, 0.717) is 6.04 Å². The number of likely N-dealkylation sites (tertiary alicyclic amines) is 1. The van der Waals surface area contributed by atoms with Crippen molar-refractivity contribution in [2.24, 2.45) is 0 Å². The summed E-state index contributed by atoms with van der Waals surface area (Å²) in [6.45, 7) is 1.05. The summed E-state index contributed by atoms with van der Waals surface area (Å²) in [5.74, 6) is -1.23. The van der Waals surface area contributed by atoms with Crippen LogP contribution in [0.4, 0.5) is 23.7 Å². The van der Waals surface area contributed by atoms with Crippen molar-refractivity contribution in [1.29, 1.82) is 0 Å². The van der Waals surface area contributed by atoms with Gasteiger partial charge in [-0.05, 0) is 75.2 Å². The molecule has 2 aromatic rings. The van der Waals surface area contributed by atoms with E-state index < -0.39 is 12.1 Å². The summed E-state index contributed by atoms with van der Waals surface area (Å²) in [5.41, 5.74) is 2.16. The van der Waals surface area contributed by atoms with Gasteiger partial charge >= 0.3 is 18.2 Å². The molecule has 2 amide bonds. The van der Waals surface area contributed by atoms with E-state index in [1.165, 1.54) is 5.56 Å². The molecule has 3 unspecified atom stereocenters. The minimum absolute atomic E-state index is 0.0766. The summed E-state index contributed by atoms with van der Waals surface area (Å²) in [7, 11) is 5.54. The molecule has 8 nitrogen and oxygen atoms in total. The number of hydrogen-bond acceptors (Lipinski definition) is 5. The molecule has 1 saturated heterocycles. The van der Waals surface area contributed by atoms with Crippen LogP contribution in [-0.4, -0.2) is 68.1 Å². The lowest BCUT2D eigenvalue weighted by atomic mass is 9.65. The van der Waals surface area contributed by atoms with Gasteiger partial charge in [-0.2, -0.15) is 13.2 Å². The lowest BCUT2D eigenvalue weighted by molar-refractivity contribution is -0.192. The molecule has 1 saturated carbocycles. The Balaban J connectivity index is 0.000000505. The number of nitrogens with one attached hydrogen (secondary N) is 2. The van der Waals surface area contributed by atoms with Gasteiger partial charge in [0, 0.05) is 27.7 Å². The largest absolute Gasteiger partial charge is 0.493 e. The number of nitrogens with zero attached hydrogens (tertiary/aromatic N) is 1. The number of methoxy groups -OCH3 is 2. The fourth-order valence-corrected chi connectivity index (χ4v) is 5.71. The van der Waals surface area contributed by atoms with Gasteiger partial charge in [-0.15, -0.1) is 0 Å².